The van der Waals surface area contributed by atoms with Gasteiger partial charge in [-0.2, -0.15) is 0 Å². The maximum Gasteiger partial charge on any atom is 0.0546 e. The van der Waals surface area contributed by atoms with Gasteiger partial charge in [-0.1, -0.05) is 57.8 Å². The lowest BCUT2D eigenvalue weighted by Gasteiger charge is -2.36. The van der Waals surface area contributed by atoms with Gasteiger partial charge in [0, 0.05) is 6.61 Å². The van der Waals surface area contributed by atoms with Gasteiger partial charge in [0.1, 0.15) is 0 Å². The van der Waals surface area contributed by atoms with E-state index in [9.17, 15) is 0 Å². The Morgan fingerprint density at radius 3 is 2.20 bits per heavy atom. The second-order valence-electron chi connectivity index (χ2n) is 7.38. The third-order valence-electron chi connectivity index (χ3n) is 5.88. The second-order valence-corrected chi connectivity index (χ2v) is 7.38. The normalized spacial score (nSPS) is 30.3. The largest absolute Gasteiger partial charge is 0.379 e. The van der Waals surface area contributed by atoms with E-state index in [4.69, 9.17) is 4.74 Å². The summed E-state index contributed by atoms with van der Waals surface area (Å²) in [7, 11) is 0. The van der Waals surface area contributed by atoms with Crippen molar-refractivity contribution in [2.75, 3.05) is 6.61 Å². The predicted octanol–water partition coefficient (Wildman–Crippen LogP) is 5.97. The van der Waals surface area contributed by atoms with Crippen LogP contribution in [0.25, 0.3) is 0 Å². The van der Waals surface area contributed by atoms with Gasteiger partial charge in [-0.25, -0.2) is 0 Å². The van der Waals surface area contributed by atoms with Crippen molar-refractivity contribution in [1.82, 2.24) is 0 Å². The molecule has 0 aromatic carbocycles. The summed E-state index contributed by atoms with van der Waals surface area (Å²) < 4.78 is 5.63. The molecule has 2 saturated carbocycles. The van der Waals surface area contributed by atoms with Crippen LogP contribution in [-0.2, 0) is 4.74 Å². The lowest BCUT2D eigenvalue weighted by atomic mass is 9.70. The van der Waals surface area contributed by atoms with Gasteiger partial charge < -0.3 is 4.74 Å². The highest BCUT2D eigenvalue weighted by Gasteiger charge is 2.28. The van der Waals surface area contributed by atoms with E-state index in [2.05, 4.69) is 13.8 Å². The highest BCUT2D eigenvalue weighted by Crippen LogP contribution is 2.41. The van der Waals surface area contributed by atoms with Gasteiger partial charge in [-0.15, -0.1) is 0 Å². The third-order valence-corrected chi connectivity index (χ3v) is 5.88. The van der Waals surface area contributed by atoms with Crippen LogP contribution >= 0.6 is 0 Å². The van der Waals surface area contributed by atoms with Crippen LogP contribution in [0, 0.1) is 17.8 Å². The minimum Gasteiger partial charge on any atom is -0.379 e. The van der Waals surface area contributed by atoms with E-state index < -0.39 is 0 Å². The van der Waals surface area contributed by atoms with Crippen molar-refractivity contribution in [1.29, 1.82) is 0 Å². The fraction of sp³-hybridized carbons (Fsp3) is 1.00. The molecule has 2 fully saturated rings. The molecule has 2 aliphatic rings. The Labute approximate surface area is 126 Å². The zero-order valence-corrected chi connectivity index (χ0v) is 13.9. The Bertz CT molecular complexity index is 236. The first-order chi connectivity index (χ1) is 9.79. The number of hydrogen-bond donors (Lipinski definition) is 0. The molecule has 2 aliphatic carbocycles. The fourth-order valence-corrected chi connectivity index (χ4v) is 4.62. The van der Waals surface area contributed by atoms with Crippen molar-refractivity contribution >= 4 is 0 Å². The average molecular weight is 280 g/mol. The molecule has 0 spiro atoms. The first-order valence-corrected chi connectivity index (χ1v) is 9.41. The lowest BCUT2D eigenvalue weighted by molar-refractivity contribution is 0.0663. The Kier molecular flexibility index (Phi) is 7.41. The molecule has 0 aliphatic heterocycles. The van der Waals surface area contributed by atoms with Crippen molar-refractivity contribution in [3.63, 3.8) is 0 Å². The quantitative estimate of drug-likeness (QED) is 0.558. The zero-order chi connectivity index (χ0) is 14.2. The molecule has 0 aromatic heterocycles. The Hall–Kier alpha value is -0.0400. The van der Waals surface area contributed by atoms with Crippen molar-refractivity contribution in [3.05, 3.63) is 0 Å². The molecule has 0 saturated heterocycles. The molecule has 0 heterocycles. The van der Waals surface area contributed by atoms with Crippen LogP contribution in [0.3, 0.4) is 0 Å². The molecule has 0 N–H and O–H groups in total. The molecule has 1 nitrogen and oxygen atoms in total. The predicted molar refractivity (Wildman–Crippen MR) is 87.0 cm³/mol. The monoisotopic (exact) mass is 280 g/mol. The molecule has 2 rings (SSSR count). The van der Waals surface area contributed by atoms with E-state index in [1.165, 1.54) is 64.2 Å². The van der Waals surface area contributed by atoms with Gasteiger partial charge in [0.25, 0.3) is 0 Å². The van der Waals surface area contributed by atoms with Crippen molar-refractivity contribution in [3.8, 4) is 0 Å². The molecule has 1 unspecified atom stereocenters. The number of rotatable bonds is 7. The maximum atomic E-state index is 5.63. The molecule has 118 valence electrons. The van der Waals surface area contributed by atoms with Gasteiger partial charge in [0.15, 0.2) is 0 Å². The molecule has 20 heavy (non-hydrogen) atoms. The first kappa shape index (κ1) is 16.3. The van der Waals surface area contributed by atoms with Crippen molar-refractivity contribution < 1.29 is 4.74 Å². The molecule has 0 radical (unpaired) electrons. The van der Waals surface area contributed by atoms with Crippen LogP contribution < -0.4 is 0 Å². The molecule has 1 heteroatoms. The van der Waals surface area contributed by atoms with E-state index in [0.29, 0.717) is 6.10 Å². The summed E-state index contributed by atoms with van der Waals surface area (Å²) in [5, 5.41) is 0. The van der Waals surface area contributed by atoms with E-state index in [-0.39, 0.29) is 0 Å². The van der Waals surface area contributed by atoms with Crippen LogP contribution in [0.4, 0.5) is 0 Å². The highest BCUT2D eigenvalue weighted by molar-refractivity contribution is 4.80. The summed E-state index contributed by atoms with van der Waals surface area (Å²) in [4.78, 5) is 0. The van der Waals surface area contributed by atoms with Crippen LogP contribution in [0.5, 0.6) is 0 Å². The molecular weight excluding hydrogens is 244 g/mol. The number of hydrogen-bond acceptors (Lipinski definition) is 1. The van der Waals surface area contributed by atoms with Gasteiger partial charge in [-0.05, 0) is 50.9 Å². The summed E-state index contributed by atoms with van der Waals surface area (Å²) in [5.41, 5.74) is 0. The van der Waals surface area contributed by atoms with E-state index in [0.717, 1.165) is 24.4 Å². The smallest absolute Gasteiger partial charge is 0.0546 e. The van der Waals surface area contributed by atoms with Crippen LogP contribution in [0.1, 0.15) is 90.9 Å². The summed E-state index contributed by atoms with van der Waals surface area (Å²) >= 11 is 0. The van der Waals surface area contributed by atoms with E-state index in [1.54, 1.807) is 12.8 Å². The minimum absolute atomic E-state index is 0.471. The molecular formula is C19H36O. The Morgan fingerprint density at radius 1 is 0.900 bits per heavy atom. The third kappa shape index (κ3) is 5.39. The minimum atomic E-state index is 0.471. The van der Waals surface area contributed by atoms with E-state index in [1.807, 2.05) is 0 Å². The van der Waals surface area contributed by atoms with Gasteiger partial charge in [0.05, 0.1) is 6.10 Å². The summed E-state index contributed by atoms with van der Waals surface area (Å²) in [6.45, 7) is 5.19. The second kappa shape index (κ2) is 9.07. The summed E-state index contributed by atoms with van der Waals surface area (Å²) in [6, 6.07) is 0. The van der Waals surface area contributed by atoms with Crippen molar-refractivity contribution in [2.45, 2.75) is 97.0 Å². The van der Waals surface area contributed by atoms with Gasteiger partial charge in [-0.3, -0.25) is 0 Å². The van der Waals surface area contributed by atoms with E-state index >= 15 is 0 Å². The van der Waals surface area contributed by atoms with Gasteiger partial charge in [0.2, 0.25) is 0 Å². The van der Waals surface area contributed by atoms with Crippen LogP contribution in [0.15, 0.2) is 0 Å². The number of ether oxygens (including phenoxy) is 1. The maximum absolute atomic E-state index is 5.63. The van der Waals surface area contributed by atoms with Crippen LogP contribution in [0.2, 0.25) is 0 Å². The van der Waals surface area contributed by atoms with Gasteiger partial charge >= 0.3 is 0 Å². The van der Waals surface area contributed by atoms with Crippen LogP contribution in [-0.4, -0.2) is 12.7 Å². The summed E-state index contributed by atoms with van der Waals surface area (Å²) in [5.74, 6) is 3.22. The highest BCUT2D eigenvalue weighted by atomic mass is 16.5. The fourth-order valence-electron chi connectivity index (χ4n) is 4.62. The molecule has 1 atom stereocenters. The molecule has 0 aromatic rings. The summed E-state index contributed by atoms with van der Waals surface area (Å²) in [6.07, 6.45) is 18.3. The average Bonchev–Trinajstić information content (AvgIpc) is 2.49. The standard InChI is InChI=1S/C19H36O/c1-3-20-16(2)8-7-9-17-12-14-19(15-13-17)18-10-5-4-6-11-18/h16-19H,3-15H2,1-2H3/t16?,17-,19-. The zero-order valence-electron chi connectivity index (χ0n) is 13.9. The Morgan fingerprint density at radius 2 is 1.55 bits per heavy atom. The topological polar surface area (TPSA) is 9.23 Å². The SMILES string of the molecule is CCOC(C)CCC[C@H]1CC[C@H](C2CCCCC2)CC1. The molecule has 0 amide bonds. The first-order valence-electron chi connectivity index (χ1n) is 9.41. The molecule has 0 bridgehead atoms. The lowest BCUT2D eigenvalue weighted by Crippen LogP contribution is -2.23. The van der Waals surface area contributed by atoms with Crippen molar-refractivity contribution in [2.24, 2.45) is 17.8 Å². The Balaban J connectivity index is 1.57.